The minimum Gasteiger partial charge on any atom is -0.497 e. The van der Waals surface area contributed by atoms with Crippen molar-refractivity contribution in [1.82, 2.24) is 5.06 Å². The van der Waals surface area contributed by atoms with Gasteiger partial charge in [0.1, 0.15) is 17.1 Å². The van der Waals surface area contributed by atoms with Gasteiger partial charge in [-0.3, -0.25) is 5.32 Å². The molecular formula is C22H25N3O5. The van der Waals surface area contributed by atoms with E-state index in [2.05, 4.69) is 10.5 Å². The van der Waals surface area contributed by atoms with Crippen molar-refractivity contribution in [3.63, 3.8) is 0 Å². The Morgan fingerprint density at radius 2 is 1.80 bits per heavy atom. The van der Waals surface area contributed by atoms with Crippen molar-refractivity contribution in [3.8, 4) is 11.5 Å². The van der Waals surface area contributed by atoms with Crippen LogP contribution in [-0.2, 0) is 9.68 Å². The van der Waals surface area contributed by atoms with Gasteiger partial charge in [-0.2, -0.15) is 0 Å². The molecule has 1 amide bonds. The van der Waals surface area contributed by atoms with Crippen molar-refractivity contribution >= 4 is 17.5 Å². The number of amides is 1. The molecule has 0 atom stereocenters. The normalized spacial score (nSPS) is 17.7. The Bertz CT molecular complexity index is 921. The number of hydrogen-bond acceptors (Lipinski definition) is 7. The zero-order chi connectivity index (χ0) is 21.0. The van der Waals surface area contributed by atoms with Gasteiger partial charge in [-0.05, 0) is 36.4 Å². The van der Waals surface area contributed by atoms with Crippen LogP contribution in [0.15, 0.2) is 53.7 Å². The van der Waals surface area contributed by atoms with Crippen molar-refractivity contribution in [3.05, 3.63) is 54.1 Å². The van der Waals surface area contributed by atoms with Gasteiger partial charge in [-0.15, -0.1) is 5.06 Å². The lowest BCUT2D eigenvalue weighted by atomic mass is 9.86. The number of methoxy groups -OCH3 is 2. The standard InChI is InChI=1S/C22H25N3O5/c1-27-18-8-6-17(7-9-18)23-21(26)29-25-12-10-22(11-13-25)15-20(24-30-22)16-4-3-5-19(14-16)28-2/h3-9,14H,10-13,15H2,1-2H3,(H,23,26). The maximum atomic E-state index is 12.2. The third kappa shape index (κ3) is 4.49. The third-order valence-corrected chi connectivity index (χ3v) is 5.42. The van der Waals surface area contributed by atoms with Crippen LogP contribution in [0.3, 0.4) is 0 Å². The summed E-state index contributed by atoms with van der Waals surface area (Å²) in [7, 11) is 3.24. The topological polar surface area (TPSA) is 81.6 Å². The van der Waals surface area contributed by atoms with Gasteiger partial charge < -0.3 is 19.1 Å². The quantitative estimate of drug-likeness (QED) is 0.805. The zero-order valence-electron chi connectivity index (χ0n) is 17.1. The van der Waals surface area contributed by atoms with E-state index in [1.807, 2.05) is 24.3 Å². The Morgan fingerprint density at radius 1 is 1.07 bits per heavy atom. The van der Waals surface area contributed by atoms with E-state index in [4.69, 9.17) is 19.1 Å². The number of carbonyl (C=O) groups excluding carboxylic acids is 1. The number of benzene rings is 2. The lowest BCUT2D eigenvalue weighted by Gasteiger charge is -2.35. The second kappa shape index (κ2) is 8.62. The molecule has 2 heterocycles. The molecule has 0 unspecified atom stereocenters. The fourth-order valence-electron chi connectivity index (χ4n) is 3.66. The molecule has 8 nitrogen and oxygen atoms in total. The average Bonchev–Trinajstić information content (AvgIpc) is 3.20. The minimum absolute atomic E-state index is 0.343. The highest BCUT2D eigenvalue weighted by Crippen LogP contribution is 2.36. The maximum absolute atomic E-state index is 12.2. The number of oxime groups is 1. The molecule has 8 heteroatoms. The molecule has 0 saturated carbocycles. The van der Waals surface area contributed by atoms with Crippen LogP contribution in [0.25, 0.3) is 0 Å². The van der Waals surface area contributed by atoms with Gasteiger partial charge >= 0.3 is 6.09 Å². The second-order valence-corrected chi connectivity index (χ2v) is 7.38. The summed E-state index contributed by atoms with van der Waals surface area (Å²) >= 11 is 0. The number of anilines is 1. The molecule has 30 heavy (non-hydrogen) atoms. The molecule has 0 aromatic heterocycles. The van der Waals surface area contributed by atoms with Crippen LogP contribution in [0.4, 0.5) is 10.5 Å². The summed E-state index contributed by atoms with van der Waals surface area (Å²) in [5.74, 6) is 1.52. The Balaban J connectivity index is 1.27. The van der Waals surface area contributed by atoms with Gasteiger partial charge in [0.2, 0.25) is 0 Å². The highest BCUT2D eigenvalue weighted by atomic mass is 16.7. The summed E-state index contributed by atoms with van der Waals surface area (Å²) in [6.45, 7) is 1.16. The highest BCUT2D eigenvalue weighted by molar-refractivity contribution is 6.02. The van der Waals surface area contributed by atoms with Crippen LogP contribution in [0, 0.1) is 0 Å². The predicted molar refractivity (Wildman–Crippen MR) is 112 cm³/mol. The molecule has 2 aromatic rings. The first-order chi connectivity index (χ1) is 14.6. The fourth-order valence-corrected chi connectivity index (χ4v) is 3.66. The van der Waals surface area contributed by atoms with E-state index < -0.39 is 6.09 Å². The van der Waals surface area contributed by atoms with Crippen molar-refractivity contribution in [2.45, 2.75) is 24.9 Å². The predicted octanol–water partition coefficient (Wildman–Crippen LogP) is 3.83. The van der Waals surface area contributed by atoms with Gasteiger partial charge in [-0.1, -0.05) is 17.3 Å². The lowest BCUT2D eigenvalue weighted by molar-refractivity contribution is -0.154. The highest BCUT2D eigenvalue weighted by Gasteiger charge is 2.43. The number of nitrogens with zero attached hydrogens (tertiary/aromatic N) is 2. The van der Waals surface area contributed by atoms with Gasteiger partial charge in [0.25, 0.3) is 0 Å². The van der Waals surface area contributed by atoms with E-state index in [0.717, 1.165) is 42.0 Å². The molecular weight excluding hydrogens is 386 g/mol. The summed E-state index contributed by atoms with van der Waals surface area (Å²) < 4.78 is 10.4. The van der Waals surface area contributed by atoms with Crippen LogP contribution < -0.4 is 14.8 Å². The number of carbonyl (C=O) groups is 1. The van der Waals surface area contributed by atoms with E-state index >= 15 is 0 Å². The first-order valence-electron chi connectivity index (χ1n) is 9.87. The molecule has 2 aromatic carbocycles. The molecule has 1 spiro atoms. The van der Waals surface area contributed by atoms with Crippen molar-refractivity contribution in [2.24, 2.45) is 5.16 Å². The van der Waals surface area contributed by atoms with E-state index in [0.29, 0.717) is 18.8 Å². The number of ether oxygens (including phenoxy) is 2. The fraction of sp³-hybridized carbons (Fsp3) is 0.364. The maximum Gasteiger partial charge on any atom is 0.430 e. The number of rotatable bonds is 5. The van der Waals surface area contributed by atoms with Crippen LogP contribution in [0.5, 0.6) is 11.5 Å². The molecule has 1 fully saturated rings. The van der Waals surface area contributed by atoms with Gasteiger partial charge in [0.05, 0.1) is 19.9 Å². The zero-order valence-corrected chi connectivity index (χ0v) is 17.1. The molecule has 158 valence electrons. The van der Waals surface area contributed by atoms with E-state index in [1.165, 1.54) is 0 Å². The van der Waals surface area contributed by atoms with Crippen LogP contribution in [0.2, 0.25) is 0 Å². The summed E-state index contributed by atoms with van der Waals surface area (Å²) in [6, 6.07) is 14.9. The monoisotopic (exact) mass is 411 g/mol. The molecule has 4 rings (SSSR count). The van der Waals surface area contributed by atoms with Gasteiger partial charge in [-0.25, -0.2) is 4.79 Å². The summed E-state index contributed by atoms with van der Waals surface area (Å²) in [5.41, 5.74) is 2.22. The summed E-state index contributed by atoms with van der Waals surface area (Å²) in [5, 5.41) is 8.71. The summed E-state index contributed by atoms with van der Waals surface area (Å²) in [6.07, 6.45) is 1.66. The number of hydrogen-bond donors (Lipinski definition) is 1. The van der Waals surface area contributed by atoms with Crippen LogP contribution in [-0.4, -0.2) is 49.8 Å². The Morgan fingerprint density at radius 3 is 2.50 bits per heavy atom. The number of piperidine rings is 1. The molecule has 1 N–H and O–H groups in total. The smallest absolute Gasteiger partial charge is 0.430 e. The molecule has 0 aliphatic carbocycles. The van der Waals surface area contributed by atoms with E-state index in [1.54, 1.807) is 43.5 Å². The second-order valence-electron chi connectivity index (χ2n) is 7.38. The molecule has 0 bridgehead atoms. The van der Waals surface area contributed by atoms with Crippen molar-refractivity contribution in [1.29, 1.82) is 0 Å². The average molecular weight is 411 g/mol. The van der Waals surface area contributed by atoms with Crippen molar-refractivity contribution in [2.75, 3.05) is 32.6 Å². The third-order valence-electron chi connectivity index (χ3n) is 5.42. The number of hydroxylamine groups is 2. The van der Waals surface area contributed by atoms with E-state index in [9.17, 15) is 4.79 Å². The first kappa shape index (κ1) is 20.0. The molecule has 2 aliphatic heterocycles. The molecule has 2 aliphatic rings. The number of nitrogens with one attached hydrogen (secondary N) is 1. The van der Waals surface area contributed by atoms with Crippen LogP contribution >= 0.6 is 0 Å². The Kier molecular flexibility index (Phi) is 5.76. The minimum atomic E-state index is -0.517. The van der Waals surface area contributed by atoms with Gasteiger partial charge in [0.15, 0.2) is 0 Å². The van der Waals surface area contributed by atoms with Crippen molar-refractivity contribution < 1.29 is 23.9 Å². The Hall–Kier alpha value is -3.26. The Labute approximate surface area is 175 Å². The lowest BCUT2D eigenvalue weighted by Crippen LogP contribution is -2.45. The largest absolute Gasteiger partial charge is 0.497 e. The van der Waals surface area contributed by atoms with Gasteiger partial charge in [0, 0.05) is 43.6 Å². The van der Waals surface area contributed by atoms with E-state index in [-0.39, 0.29) is 5.60 Å². The SMILES string of the molecule is COc1ccc(NC(=O)ON2CCC3(CC2)CC(c2cccc(OC)c2)=NO3)cc1. The first-order valence-corrected chi connectivity index (χ1v) is 9.87. The molecule has 0 radical (unpaired) electrons. The van der Waals surface area contributed by atoms with Crippen LogP contribution in [0.1, 0.15) is 24.8 Å². The summed E-state index contributed by atoms with van der Waals surface area (Å²) in [4.78, 5) is 23.5. The molecule has 1 saturated heterocycles.